The lowest BCUT2D eigenvalue weighted by atomic mass is 9.99. The van der Waals surface area contributed by atoms with Crippen LogP contribution in [-0.4, -0.2) is 0 Å². The summed E-state index contributed by atoms with van der Waals surface area (Å²) in [5.74, 6) is 6.08. The Hall–Kier alpha value is -2.99. The van der Waals surface area contributed by atoms with Crippen molar-refractivity contribution in [3.63, 3.8) is 0 Å². The van der Waals surface area contributed by atoms with Crippen LogP contribution in [0.1, 0.15) is 72.4 Å². The fourth-order valence-corrected chi connectivity index (χ4v) is 4.32. The van der Waals surface area contributed by atoms with Crippen LogP contribution in [0, 0.1) is 11.8 Å². The molecule has 3 aromatic carbocycles. The molecule has 0 radical (unpaired) electrons. The monoisotopic (exact) mass is 432 g/mol. The molecule has 0 saturated carbocycles. The number of fused-ring (bicyclic) bond motifs is 3. The summed E-state index contributed by atoms with van der Waals surface area (Å²) in [6.45, 7) is 2.24. The maximum absolute atomic E-state index is 12.7. The van der Waals surface area contributed by atoms with E-state index in [1.165, 1.54) is 72.1 Å². The number of unbranched alkanes of at least 4 members (excludes halogenated alkanes) is 4. The lowest BCUT2D eigenvalue weighted by Crippen LogP contribution is -2.04. The van der Waals surface area contributed by atoms with Crippen molar-refractivity contribution in [2.45, 2.75) is 58.0 Å². The van der Waals surface area contributed by atoms with Gasteiger partial charge in [0.2, 0.25) is 0 Å². The quantitative estimate of drug-likeness (QED) is 0.213. The summed E-state index contributed by atoms with van der Waals surface area (Å²) in [5, 5.41) is 0. The van der Waals surface area contributed by atoms with Gasteiger partial charge >= 0.3 is 6.18 Å². The summed E-state index contributed by atoms with van der Waals surface area (Å²) in [7, 11) is 0. The lowest BCUT2D eigenvalue weighted by molar-refractivity contribution is -0.137. The van der Waals surface area contributed by atoms with Gasteiger partial charge in [0, 0.05) is 11.1 Å². The van der Waals surface area contributed by atoms with Gasteiger partial charge in [0.15, 0.2) is 0 Å². The first-order chi connectivity index (χ1) is 15.4. The van der Waals surface area contributed by atoms with E-state index in [0.717, 1.165) is 30.5 Å². The number of aryl methyl sites for hydroxylation is 1. The number of benzene rings is 3. The van der Waals surface area contributed by atoms with Crippen molar-refractivity contribution in [3.05, 3.63) is 94.0 Å². The van der Waals surface area contributed by atoms with Crippen LogP contribution < -0.4 is 0 Å². The summed E-state index contributed by atoms with van der Waals surface area (Å²) >= 11 is 0. The Kier molecular flexibility index (Phi) is 6.70. The Balaban J connectivity index is 1.44. The summed E-state index contributed by atoms with van der Waals surface area (Å²) in [6, 6.07) is 18.1. The number of alkyl halides is 3. The van der Waals surface area contributed by atoms with E-state index in [-0.39, 0.29) is 0 Å². The van der Waals surface area contributed by atoms with Gasteiger partial charge in [-0.15, -0.1) is 0 Å². The third kappa shape index (κ3) is 5.25. The molecule has 0 bridgehead atoms. The van der Waals surface area contributed by atoms with Gasteiger partial charge in [0.1, 0.15) is 0 Å². The van der Waals surface area contributed by atoms with Crippen LogP contribution in [0.15, 0.2) is 60.7 Å². The van der Waals surface area contributed by atoms with Gasteiger partial charge in [-0.2, -0.15) is 13.2 Å². The number of rotatable bonds is 6. The van der Waals surface area contributed by atoms with Crippen LogP contribution in [0.5, 0.6) is 0 Å². The first kappa shape index (κ1) is 22.2. The second-order valence-corrected chi connectivity index (χ2v) is 8.53. The average Bonchev–Trinajstić information content (AvgIpc) is 3.14. The molecule has 0 aromatic heterocycles. The fourth-order valence-electron chi connectivity index (χ4n) is 4.32. The highest BCUT2D eigenvalue weighted by Crippen LogP contribution is 2.37. The van der Waals surface area contributed by atoms with Crippen LogP contribution >= 0.6 is 0 Å². The first-order valence-electron chi connectivity index (χ1n) is 11.4. The molecule has 4 rings (SSSR count). The average molecular weight is 433 g/mol. The highest BCUT2D eigenvalue weighted by Gasteiger charge is 2.29. The van der Waals surface area contributed by atoms with Gasteiger partial charge in [0.25, 0.3) is 0 Å². The molecule has 0 unspecified atom stereocenters. The molecule has 0 saturated heterocycles. The SMILES string of the molecule is CCCCCCCc1ccc2c(c1)Cc1cc(C#Cc3ccc(C(F)(F)F)cc3)ccc1-2. The van der Waals surface area contributed by atoms with Crippen LogP contribution in [0.3, 0.4) is 0 Å². The van der Waals surface area contributed by atoms with E-state index in [1.807, 2.05) is 6.07 Å². The predicted molar refractivity (Wildman–Crippen MR) is 125 cm³/mol. The summed E-state index contributed by atoms with van der Waals surface area (Å²) in [4.78, 5) is 0. The smallest absolute Gasteiger partial charge is 0.166 e. The number of hydrogen-bond acceptors (Lipinski definition) is 0. The van der Waals surface area contributed by atoms with Gasteiger partial charge in [-0.1, -0.05) is 68.7 Å². The molecule has 0 nitrogen and oxygen atoms in total. The second-order valence-electron chi connectivity index (χ2n) is 8.53. The van der Waals surface area contributed by atoms with Crippen molar-refractivity contribution in [3.8, 4) is 23.0 Å². The van der Waals surface area contributed by atoms with E-state index in [1.54, 1.807) is 0 Å². The zero-order valence-electron chi connectivity index (χ0n) is 18.4. The van der Waals surface area contributed by atoms with Crippen LogP contribution in [0.25, 0.3) is 11.1 Å². The Morgan fingerprint density at radius 2 is 1.34 bits per heavy atom. The summed E-state index contributed by atoms with van der Waals surface area (Å²) < 4.78 is 38.1. The Labute approximate surface area is 188 Å². The molecular formula is C29H27F3. The Morgan fingerprint density at radius 1 is 0.719 bits per heavy atom. The van der Waals surface area contributed by atoms with Crippen LogP contribution in [0.4, 0.5) is 13.2 Å². The van der Waals surface area contributed by atoms with Crippen molar-refractivity contribution >= 4 is 0 Å². The molecule has 0 amide bonds. The van der Waals surface area contributed by atoms with Crippen molar-refractivity contribution in [1.82, 2.24) is 0 Å². The highest BCUT2D eigenvalue weighted by atomic mass is 19.4. The first-order valence-corrected chi connectivity index (χ1v) is 11.4. The second kappa shape index (κ2) is 9.65. The van der Waals surface area contributed by atoms with Gasteiger partial charge in [-0.05, 0) is 83.5 Å². The van der Waals surface area contributed by atoms with Gasteiger partial charge in [-0.25, -0.2) is 0 Å². The van der Waals surface area contributed by atoms with E-state index < -0.39 is 11.7 Å². The van der Waals surface area contributed by atoms with Crippen LogP contribution in [-0.2, 0) is 19.0 Å². The minimum Gasteiger partial charge on any atom is -0.166 e. The molecule has 32 heavy (non-hydrogen) atoms. The molecule has 1 aliphatic rings. The summed E-state index contributed by atoms with van der Waals surface area (Å²) in [6.07, 6.45) is 4.18. The minimum absolute atomic E-state index is 0.574. The van der Waals surface area contributed by atoms with Gasteiger partial charge in [0.05, 0.1) is 5.56 Å². The highest BCUT2D eigenvalue weighted by molar-refractivity contribution is 5.77. The normalized spacial score (nSPS) is 12.1. The van der Waals surface area contributed by atoms with Gasteiger partial charge in [-0.3, -0.25) is 0 Å². The molecule has 0 N–H and O–H groups in total. The molecular weight excluding hydrogens is 405 g/mol. The van der Waals surface area contributed by atoms with Crippen LogP contribution in [0.2, 0.25) is 0 Å². The van der Waals surface area contributed by atoms with E-state index in [9.17, 15) is 13.2 Å². The molecule has 0 spiro atoms. The molecule has 0 aliphatic heterocycles. The molecule has 1 aliphatic carbocycles. The van der Waals surface area contributed by atoms with E-state index in [0.29, 0.717) is 5.56 Å². The Morgan fingerprint density at radius 3 is 2.06 bits per heavy atom. The molecule has 0 heterocycles. The molecule has 0 fully saturated rings. The topological polar surface area (TPSA) is 0 Å². The Bertz CT molecular complexity index is 1140. The van der Waals surface area contributed by atoms with E-state index in [4.69, 9.17) is 0 Å². The zero-order chi connectivity index (χ0) is 22.6. The van der Waals surface area contributed by atoms with Crippen molar-refractivity contribution in [1.29, 1.82) is 0 Å². The minimum atomic E-state index is -4.32. The largest absolute Gasteiger partial charge is 0.416 e. The maximum atomic E-state index is 12.7. The van der Waals surface area contributed by atoms with Crippen molar-refractivity contribution < 1.29 is 13.2 Å². The maximum Gasteiger partial charge on any atom is 0.416 e. The molecule has 3 heteroatoms. The third-order valence-corrected chi connectivity index (χ3v) is 6.08. The van der Waals surface area contributed by atoms with E-state index >= 15 is 0 Å². The molecule has 0 atom stereocenters. The predicted octanol–water partition coefficient (Wildman–Crippen LogP) is 8.19. The van der Waals surface area contributed by atoms with Crippen molar-refractivity contribution in [2.24, 2.45) is 0 Å². The lowest BCUT2D eigenvalue weighted by Gasteiger charge is -2.06. The molecule has 164 valence electrons. The number of hydrogen-bond donors (Lipinski definition) is 0. The molecule has 3 aromatic rings. The van der Waals surface area contributed by atoms with Crippen molar-refractivity contribution in [2.75, 3.05) is 0 Å². The fraction of sp³-hybridized carbons (Fsp3) is 0.310. The standard InChI is InChI=1S/C29H27F3/c1-2-3-4-5-6-7-22-12-16-27-24(18-22)20-25-19-23(13-17-28(25)27)9-8-21-10-14-26(15-11-21)29(30,31)32/h10-19H,2-7,20H2,1H3. The third-order valence-electron chi connectivity index (χ3n) is 6.08. The number of halogens is 3. The van der Waals surface area contributed by atoms with E-state index in [2.05, 4.69) is 49.1 Å². The van der Waals surface area contributed by atoms with Gasteiger partial charge < -0.3 is 0 Å². The zero-order valence-corrected chi connectivity index (χ0v) is 18.4. The summed E-state index contributed by atoms with van der Waals surface area (Å²) in [5.41, 5.74) is 7.41.